The van der Waals surface area contributed by atoms with Crippen LogP contribution in [0.5, 0.6) is 0 Å². The molecular weight excluding hydrogens is 284 g/mol. The van der Waals surface area contributed by atoms with Gasteiger partial charge < -0.3 is 5.73 Å². The normalized spacial score (nSPS) is 18.8. The lowest BCUT2D eigenvalue weighted by Crippen LogP contribution is -2.45. The van der Waals surface area contributed by atoms with Crippen LogP contribution in [-0.2, 0) is 16.8 Å². The summed E-state index contributed by atoms with van der Waals surface area (Å²) >= 11 is 1.51. The highest BCUT2D eigenvalue weighted by molar-refractivity contribution is 7.87. The molecule has 0 amide bonds. The fraction of sp³-hybridized carbons (Fsp3) is 0.727. The zero-order valence-electron chi connectivity index (χ0n) is 11.0. The van der Waals surface area contributed by atoms with Gasteiger partial charge in [0.15, 0.2) is 0 Å². The highest BCUT2D eigenvalue weighted by Gasteiger charge is 2.27. The first-order valence-electron chi connectivity index (χ1n) is 6.37. The molecule has 6 nitrogen and oxygen atoms in total. The average Bonchev–Trinajstić information content (AvgIpc) is 2.82. The van der Waals surface area contributed by atoms with Crippen molar-refractivity contribution in [3.05, 3.63) is 16.1 Å². The number of aromatic nitrogens is 1. The summed E-state index contributed by atoms with van der Waals surface area (Å²) in [6.45, 7) is 3.96. The van der Waals surface area contributed by atoms with E-state index in [1.807, 2.05) is 6.92 Å². The van der Waals surface area contributed by atoms with Crippen molar-refractivity contribution in [1.82, 2.24) is 14.0 Å². The van der Waals surface area contributed by atoms with E-state index in [2.05, 4.69) is 9.71 Å². The van der Waals surface area contributed by atoms with E-state index in [9.17, 15) is 8.42 Å². The maximum Gasteiger partial charge on any atom is 0.279 e. The van der Waals surface area contributed by atoms with Crippen LogP contribution in [0, 0.1) is 12.8 Å². The number of nitrogens with two attached hydrogens (primary N) is 1. The van der Waals surface area contributed by atoms with Crippen molar-refractivity contribution < 1.29 is 8.42 Å². The van der Waals surface area contributed by atoms with Gasteiger partial charge in [-0.3, -0.25) is 0 Å². The van der Waals surface area contributed by atoms with Crippen molar-refractivity contribution in [1.29, 1.82) is 0 Å². The van der Waals surface area contributed by atoms with Crippen LogP contribution in [0.15, 0.2) is 6.20 Å². The molecular formula is C11H20N4O2S2. The summed E-state index contributed by atoms with van der Waals surface area (Å²) in [6.07, 6.45) is 3.40. The van der Waals surface area contributed by atoms with Gasteiger partial charge in [-0.2, -0.15) is 17.4 Å². The standard InChI is InChI=1S/C11H20N4O2S2/c1-9-13-7-11(18-9)8-14-19(16,17)15-4-2-10(6-12)3-5-15/h7,10,14H,2-6,8,12H2,1H3. The van der Waals surface area contributed by atoms with Gasteiger partial charge >= 0.3 is 0 Å². The van der Waals surface area contributed by atoms with Crippen LogP contribution in [-0.4, -0.2) is 37.3 Å². The summed E-state index contributed by atoms with van der Waals surface area (Å²) in [5.74, 6) is 0.454. The molecule has 0 aliphatic carbocycles. The molecule has 19 heavy (non-hydrogen) atoms. The van der Waals surface area contributed by atoms with Crippen molar-refractivity contribution in [2.24, 2.45) is 11.7 Å². The largest absolute Gasteiger partial charge is 0.330 e. The molecule has 2 rings (SSSR count). The third-order valence-corrected chi connectivity index (χ3v) is 5.81. The topological polar surface area (TPSA) is 88.3 Å². The Balaban J connectivity index is 1.88. The molecule has 8 heteroatoms. The Hall–Kier alpha value is -0.540. The molecule has 1 aliphatic rings. The van der Waals surface area contributed by atoms with Crippen LogP contribution in [0.1, 0.15) is 22.7 Å². The SMILES string of the molecule is Cc1ncc(CNS(=O)(=O)N2CCC(CN)CC2)s1. The first-order valence-corrected chi connectivity index (χ1v) is 8.63. The van der Waals surface area contributed by atoms with E-state index in [-0.39, 0.29) is 0 Å². The number of nitrogens with zero attached hydrogens (tertiary/aromatic N) is 2. The minimum atomic E-state index is -3.38. The summed E-state index contributed by atoms with van der Waals surface area (Å²) in [7, 11) is -3.38. The summed E-state index contributed by atoms with van der Waals surface area (Å²) in [5.41, 5.74) is 5.61. The molecule has 1 fully saturated rings. The maximum absolute atomic E-state index is 12.1. The summed E-state index contributed by atoms with van der Waals surface area (Å²) in [4.78, 5) is 5.04. The van der Waals surface area contributed by atoms with E-state index in [1.165, 1.54) is 15.6 Å². The monoisotopic (exact) mass is 304 g/mol. The molecule has 0 spiro atoms. The third-order valence-electron chi connectivity index (χ3n) is 3.34. The molecule has 1 aromatic rings. The number of hydrogen-bond donors (Lipinski definition) is 2. The average molecular weight is 304 g/mol. The molecule has 0 atom stereocenters. The van der Waals surface area contributed by atoms with E-state index in [0.29, 0.717) is 32.1 Å². The van der Waals surface area contributed by atoms with Gasteiger partial charge in [-0.15, -0.1) is 11.3 Å². The molecule has 1 aromatic heterocycles. The Labute approximate surface area is 118 Å². The minimum absolute atomic E-state index is 0.310. The zero-order valence-corrected chi connectivity index (χ0v) is 12.6. The Morgan fingerprint density at radius 2 is 2.21 bits per heavy atom. The van der Waals surface area contributed by atoms with Crippen LogP contribution in [0.2, 0.25) is 0 Å². The molecule has 0 saturated carbocycles. The fourth-order valence-corrected chi connectivity index (χ4v) is 4.16. The Morgan fingerprint density at radius 1 is 1.53 bits per heavy atom. The molecule has 0 radical (unpaired) electrons. The molecule has 2 heterocycles. The molecule has 1 aliphatic heterocycles. The van der Waals surface area contributed by atoms with E-state index >= 15 is 0 Å². The van der Waals surface area contributed by atoms with Crippen LogP contribution in [0.3, 0.4) is 0 Å². The Kier molecular flexibility index (Phi) is 4.91. The van der Waals surface area contributed by atoms with Crippen LogP contribution in [0.4, 0.5) is 0 Å². The van der Waals surface area contributed by atoms with Crippen LogP contribution in [0.25, 0.3) is 0 Å². The lowest BCUT2D eigenvalue weighted by molar-refractivity contribution is 0.276. The second-order valence-corrected chi connectivity index (χ2v) is 7.82. The second kappa shape index (κ2) is 6.27. The predicted molar refractivity (Wildman–Crippen MR) is 76.0 cm³/mol. The lowest BCUT2D eigenvalue weighted by Gasteiger charge is -2.30. The van der Waals surface area contributed by atoms with Crippen LogP contribution < -0.4 is 10.5 Å². The summed E-state index contributed by atoms with van der Waals surface area (Å²) in [6, 6.07) is 0. The highest BCUT2D eigenvalue weighted by Crippen LogP contribution is 2.18. The number of hydrogen-bond acceptors (Lipinski definition) is 5. The van der Waals surface area contributed by atoms with E-state index in [1.54, 1.807) is 6.20 Å². The minimum Gasteiger partial charge on any atom is -0.330 e. The number of nitrogens with one attached hydrogen (secondary N) is 1. The Morgan fingerprint density at radius 3 is 2.74 bits per heavy atom. The van der Waals surface area contributed by atoms with Gasteiger partial charge in [0, 0.05) is 30.7 Å². The summed E-state index contributed by atoms with van der Waals surface area (Å²) in [5, 5.41) is 0.943. The first kappa shape index (κ1) is 14.9. The second-order valence-electron chi connectivity index (χ2n) is 4.75. The predicted octanol–water partition coefficient (Wildman–Crippen LogP) is 0.457. The number of aryl methyl sites for hydroxylation is 1. The van der Waals surface area contributed by atoms with Crippen LogP contribution >= 0.6 is 11.3 Å². The van der Waals surface area contributed by atoms with Gasteiger partial charge in [0.05, 0.1) is 5.01 Å². The molecule has 0 unspecified atom stereocenters. The van der Waals surface area contributed by atoms with E-state index in [4.69, 9.17) is 5.73 Å². The van der Waals surface area contributed by atoms with Gasteiger partial charge in [-0.05, 0) is 32.2 Å². The Bertz CT molecular complexity index is 507. The first-order chi connectivity index (χ1) is 9.01. The van der Waals surface area contributed by atoms with E-state index < -0.39 is 10.2 Å². The molecule has 0 aromatic carbocycles. The molecule has 108 valence electrons. The third kappa shape index (κ3) is 3.96. The highest BCUT2D eigenvalue weighted by atomic mass is 32.2. The fourth-order valence-electron chi connectivity index (χ4n) is 2.13. The van der Waals surface area contributed by atoms with Gasteiger partial charge in [0.25, 0.3) is 10.2 Å². The van der Waals surface area contributed by atoms with Gasteiger partial charge in [-0.25, -0.2) is 4.98 Å². The van der Waals surface area contributed by atoms with Crippen molar-refractivity contribution in [2.75, 3.05) is 19.6 Å². The number of piperidine rings is 1. The van der Waals surface area contributed by atoms with Gasteiger partial charge in [0.1, 0.15) is 0 Å². The van der Waals surface area contributed by atoms with E-state index in [0.717, 1.165) is 22.7 Å². The van der Waals surface area contributed by atoms with Gasteiger partial charge in [0.2, 0.25) is 0 Å². The summed E-state index contributed by atoms with van der Waals surface area (Å²) < 4.78 is 28.4. The van der Waals surface area contributed by atoms with Crippen molar-refractivity contribution >= 4 is 21.5 Å². The van der Waals surface area contributed by atoms with Crippen molar-refractivity contribution in [3.63, 3.8) is 0 Å². The quantitative estimate of drug-likeness (QED) is 0.827. The lowest BCUT2D eigenvalue weighted by atomic mass is 9.99. The maximum atomic E-state index is 12.1. The zero-order chi connectivity index (χ0) is 13.9. The van der Waals surface area contributed by atoms with Gasteiger partial charge in [-0.1, -0.05) is 0 Å². The number of thiazole rings is 1. The van der Waals surface area contributed by atoms with Crippen molar-refractivity contribution in [3.8, 4) is 0 Å². The number of rotatable bonds is 5. The van der Waals surface area contributed by atoms with Crippen molar-refractivity contribution in [2.45, 2.75) is 26.3 Å². The molecule has 3 N–H and O–H groups in total. The molecule has 0 bridgehead atoms. The smallest absolute Gasteiger partial charge is 0.279 e. The molecule has 1 saturated heterocycles.